The van der Waals surface area contributed by atoms with Crippen molar-refractivity contribution in [1.82, 2.24) is 4.98 Å². The molecule has 0 amide bonds. The van der Waals surface area contributed by atoms with E-state index in [1.165, 1.54) is 0 Å². The third-order valence-electron chi connectivity index (χ3n) is 4.27. The summed E-state index contributed by atoms with van der Waals surface area (Å²) in [4.78, 5) is 17.8. The molecule has 0 aliphatic carbocycles. The molecule has 1 N–H and O–H groups in total. The molecule has 0 saturated carbocycles. The van der Waals surface area contributed by atoms with Gasteiger partial charge in [-0.05, 0) is 34.3 Å². The van der Waals surface area contributed by atoms with Gasteiger partial charge in [0.2, 0.25) is 0 Å². The fourth-order valence-electron chi connectivity index (χ4n) is 3.31. The summed E-state index contributed by atoms with van der Waals surface area (Å²) in [5.41, 5.74) is 2.05. The van der Waals surface area contributed by atoms with Gasteiger partial charge in [0.15, 0.2) is 0 Å². The van der Waals surface area contributed by atoms with Gasteiger partial charge in [-0.25, -0.2) is 0 Å². The molecule has 23 heavy (non-hydrogen) atoms. The van der Waals surface area contributed by atoms with Crippen molar-refractivity contribution < 1.29 is 9.90 Å². The maximum Gasteiger partial charge on any atom is 0.308 e. The molecule has 3 rings (SSSR count). The summed E-state index contributed by atoms with van der Waals surface area (Å²) in [6.45, 7) is 3.21. The summed E-state index contributed by atoms with van der Waals surface area (Å²) in [5.74, 6) is -0.938. The highest BCUT2D eigenvalue weighted by Gasteiger charge is 2.31. The summed E-state index contributed by atoms with van der Waals surface area (Å²) in [6, 6.07) is 7.94. The van der Waals surface area contributed by atoms with Crippen molar-refractivity contribution in [2.45, 2.75) is 13.3 Å². The number of aromatic nitrogens is 1. The number of carbonyl (C=O) groups is 1. The normalized spacial score (nSPS) is 21.2. The van der Waals surface area contributed by atoms with Crippen LogP contribution >= 0.6 is 15.9 Å². The van der Waals surface area contributed by atoms with Crippen LogP contribution in [-0.2, 0) is 4.79 Å². The topological polar surface area (TPSA) is 77.2 Å². The Morgan fingerprint density at radius 2 is 2.26 bits per heavy atom. The number of benzene rings is 1. The number of aliphatic carboxylic acids is 1. The highest BCUT2D eigenvalue weighted by molar-refractivity contribution is 9.10. The first kappa shape index (κ1) is 15.8. The van der Waals surface area contributed by atoms with Crippen LogP contribution < -0.4 is 4.90 Å². The second kappa shape index (κ2) is 6.17. The van der Waals surface area contributed by atoms with Crippen LogP contribution in [-0.4, -0.2) is 29.1 Å². The Morgan fingerprint density at radius 1 is 1.48 bits per heavy atom. The van der Waals surface area contributed by atoms with Crippen LogP contribution in [0.3, 0.4) is 0 Å². The molecule has 2 aromatic rings. The summed E-state index contributed by atoms with van der Waals surface area (Å²) in [7, 11) is 0. The number of piperidine rings is 1. The van der Waals surface area contributed by atoms with Crippen LogP contribution in [0.4, 0.5) is 5.69 Å². The first-order valence-corrected chi connectivity index (χ1v) is 8.25. The molecule has 0 spiro atoms. The number of hydrogen-bond acceptors (Lipinski definition) is 4. The summed E-state index contributed by atoms with van der Waals surface area (Å²) < 4.78 is 0.862. The molecular formula is C17H16BrN3O2. The molecule has 2 heterocycles. The van der Waals surface area contributed by atoms with Crippen LogP contribution in [0, 0.1) is 23.2 Å². The van der Waals surface area contributed by atoms with E-state index >= 15 is 0 Å². The molecule has 5 nitrogen and oxygen atoms in total. The average Bonchev–Trinajstić information content (AvgIpc) is 2.53. The zero-order chi connectivity index (χ0) is 16.6. The molecule has 1 aromatic carbocycles. The fourth-order valence-corrected chi connectivity index (χ4v) is 3.78. The minimum atomic E-state index is -0.778. The lowest BCUT2D eigenvalue weighted by Crippen LogP contribution is -2.43. The Morgan fingerprint density at radius 3 is 2.96 bits per heavy atom. The van der Waals surface area contributed by atoms with E-state index in [-0.39, 0.29) is 5.92 Å². The number of rotatable bonds is 2. The predicted octanol–water partition coefficient (Wildman–Crippen LogP) is 3.42. The van der Waals surface area contributed by atoms with Gasteiger partial charge in [0.25, 0.3) is 0 Å². The average molecular weight is 374 g/mol. The van der Waals surface area contributed by atoms with Gasteiger partial charge in [0.1, 0.15) is 6.07 Å². The highest BCUT2D eigenvalue weighted by Crippen LogP contribution is 2.36. The third kappa shape index (κ3) is 2.89. The molecule has 0 radical (unpaired) electrons. The van der Waals surface area contributed by atoms with E-state index in [4.69, 9.17) is 0 Å². The Labute approximate surface area is 142 Å². The van der Waals surface area contributed by atoms with Gasteiger partial charge in [-0.3, -0.25) is 9.78 Å². The molecule has 1 aliphatic rings. The molecular weight excluding hydrogens is 358 g/mol. The zero-order valence-corrected chi connectivity index (χ0v) is 14.2. The van der Waals surface area contributed by atoms with Crippen molar-refractivity contribution in [2.24, 2.45) is 11.8 Å². The first-order chi connectivity index (χ1) is 11.0. The van der Waals surface area contributed by atoms with Crippen molar-refractivity contribution in [2.75, 3.05) is 18.0 Å². The molecule has 0 bridgehead atoms. The molecule has 118 valence electrons. The van der Waals surface area contributed by atoms with E-state index in [2.05, 4.69) is 27.0 Å². The van der Waals surface area contributed by atoms with Crippen LogP contribution in [0.2, 0.25) is 0 Å². The number of nitriles is 1. The Kier molecular flexibility index (Phi) is 4.22. The highest BCUT2D eigenvalue weighted by atomic mass is 79.9. The maximum absolute atomic E-state index is 11.4. The van der Waals surface area contributed by atoms with Crippen molar-refractivity contribution in [3.63, 3.8) is 0 Å². The minimum absolute atomic E-state index is 0.256. The summed E-state index contributed by atoms with van der Waals surface area (Å²) in [5, 5.41) is 19.7. The monoisotopic (exact) mass is 373 g/mol. The van der Waals surface area contributed by atoms with Crippen LogP contribution in [0.5, 0.6) is 0 Å². The van der Waals surface area contributed by atoms with Crippen molar-refractivity contribution >= 4 is 38.5 Å². The van der Waals surface area contributed by atoms with Crippen LogP contribution in [0.15, 0.2) is 28.9 Å². The van der Waals surface area contributed by atoms with Gasteiger partial charge in [-0.15, -0.1) is 0 Å². The van der Waals surface area contributed by atoms with Gasteiger partial charge in [-0.2, -0.15) is 5.26 Å². The Hall–Kier alpha value is -2.13. The van der Waals surface area contributed by atoms with Crippen molar-refractivity contribution in [3.05, 3.63) is 34.4 Å². The molecule has 1 aromatic heterocycles. The Balaban J connectivity index is 2.16. The lowest BCUT2D eigenvalue weighted by Gasteiger charge is -2.37. The molecule has 6 heteroatoms. The summed E-state index contributed by atoms with van der Waals surface area (Å²) >= 11 is 3.49. The van der Waals surface area contributed by atoms with Gasteiger partial charge in [-0.1, -0.05) is 19.1 Å². The number of pyridine rings is 1. The standard InChI is InChI=1S/C17H16BrN3O2/c1-10-5-11(17(22)23)9-21(8-10)16-12(6-19)7-20-15-13(16)3-2-4-14(15)18/h2-4,7,10-11H,5,8-9H2,1H3,(H,22,23). The van der Waals surface area contributed by atoms with E-state index in [0.29, 0.717) is 18.5 Å². The van der Waals surface area contributed by atoms with Crippen molar-refractivity contribution in [3.8, 4) is 6.07 Å². The van der Waals surface area contributed by atoms with E-state index in [1.807, 2.05) is 30.0 Å². The van der Waals surface area contributed by atoms with E-state index in [0.717, 1.165) is 27.6 Å². The first-order valence-electron chi connectivity index (χ1n) is 7.46. The number of para-hydroxylation sites is 1. The molecule has 2 atom stereocenters. The molecule has 2 unspecified atom stereocenters. The zero-order valence-electron chi connectivity index (χ0n) is 12.7. The number of anilines is 1. The lowest BCUT2D eigenvalue weighted by molar-refractivity contribution is -0.142. The number of carboxylic acid groups (broad SMARTS) is 1. The van der Waals surface area contributed by atoms with E-state index in [9.17, 15) is 15.2 Å². The smallest absolute Gasteiger partial charge is 0.308 e. The third-order valence-corrected chi connectivity index (χ3v) is 4.91. The number of nitrogens with zero attached hydrogens (tertiary/aromatic N) is 3. The number of carboxylic acids is 1. The predicted molar refractivity (Wildman–Crippen MR) is 91.3 cm³/mol. The van der Waals surface area contributed by atoms with Crippen LogP contribution in [0.25, 0.3) is 10.9 Å². The van der Waals surface area contributed by atoms with Gasteiger partial charge in [0.05, 0.1) is 22.7 Å². The van der Waals surface area contributed by atoms with Crippen molar-refractivity contribution in [1.29, 1.82) is 5.26 Å². The second-order valence-electron chi connectivity index (χ2n) is 6.05. The molecule has 1 saturated heterocycles. The number of hydrogen-bond donors (Lipinski definition) is 1. The number of halogens is 1. The van der Waals surface area contributed by atoms with Gasteiger partial charge < -0.3 is 10.0 Å². The van der Waals surface area contributed by atoms with E-state index in [1.54, 1.807) is 6.20 Å². The largest absolute Gasteiger partial charge is 0.481 e. The minimum Gasteiger partial charge on any atom is -0.481 e. The fraction of sp³-hybridized carbons (Fsp3) is 0.353. The summed E-state index contributed by atoms with van der Waals surface area (Å²) in [6.07, 6.45) is 2.23. The van der Waals surface area contributed by atoms with Gasteiger partial charge in [0, 0.05) is 29.1 Å². The molecule has 1 fully saturated rings. The second-order valence-corrected chi connectivity index (χ2v) is 6.90. The van der Waals surface area contributed by atoms with Gasteiger partial charge >= 0.3 is 5.97 Å². The SMILES string of the molecule is CC1CC(C(=O)O)CN(c2c(C#N)cnc3c(Br)cccc23)C1. The van der Waals surface area contributed by atoms with Crippen LogP contribution in [0.1, 0.15) is 18.9 Å². The quantitative estimate of drug-likeness (QED) is 0.872. The lowest BCUT2D eigenvalue weighted by atomic mass is 9.89. The Bertz CT molecular complexity index is 815. The number of fused-ring (bicyclic) bond motifs is 1. The molecule has 1 aliphatic heterocycles. The van der Waals surface area contributed by atoms with E-state index < -0.39 is 11.9 Å². The maximum atomic E-state index is 11.4.